The molecular formula is C25H26F3N5O7S. The van der Waals surface area contributed by atoms with Gasteiger partial charge in [-0.25, -0.2) is 8.42 Å². The summed E-state index contributed by atoms with van der Waals surface area (Å²) < 4.78 is 76.7. The zero-order valence-corrected chi connectivity index (χ0v) is 22.6. The van der Waals surface area contributed by atoms with Crippen LogP contribution in [0.4, 0.5) is 13.2 Å². The molecule has 0 spiro atoms. The first kappa shape index (κ1) is 30.0. The molecule has 0 bridgehead atoms. The predicted molar refractivity (Wildman–Crippen MR) is 133 cm³/mol. The third kappa shape index (κ3) is 4.82. The van der Waals surface area contributed by atoms with Crippen LogP contribution in [-0.2, 0) is 41.7 Å². The van der Waals surface area contributed by atoms with E-state index >= 15 is 0 Å². The Hall–Kier alpha value is -3.97. The number of methoxy groups -OCH3 is 1. The number of carbonyl (C=O) groups is 3. The number of nitrogens with zero attached hydrogens (tertiary/aromatic N) is 3. The zero-order valence-electron chi connectivity index (χ0n) is 21.8. The monoisotopic (exact) mass is 597 g/mol. The SMILES string of the molecule is CNC(=O)Cn1cc(-c2ccc(S(=O)(=O)[C@@H]3C[C@H](OC)[C@@](C(=O)O)(C4CC4(C#N)C(N)=O)C3)c(C(F)(F)F)c2)cn1. The predicted octanol–water partition coefficient (Wildman–Crippen LogP) is 1.35. The molecule has 4 N–H and O–H groups in total. The fourth-order valence-corrected chi connectivity index (χ4v) is 7.87. The van der Waals surface area contributed by atoms with Gasteiger partial charge in [0.15, 0.2) is 9.84 Å². The van der Waals surface area contributed by atoms with Crippen molar-refractivity contribution in [3.05, 3.63) is 36.2 Å². The fraction of sp³-hybridized carbons (Fsp3) is 0.480. The van der Waals surface area contributed by atoms with E-state index in [4.69, 9.17) is 10.5 Å². The van der Waals surface area contributed by atoms with Gasteiger partial charge in [-0.1, -0.05) is 6.07 Å². The van der Waals surface area contributed by atoms with Crippen molar-refractivity contribution in [1.82, 2.24) is 15.1 Å². The molecule has 220 valence electrons. The lowest BCUT2D eigenvalue weighted by Crippen LogP contribution is -2.44. The van der Waals surface area contributed by atoms with Crippen molar-refractivity contribution in [2.75, 3.05) is 14.2 Å². The van der Waals surface area contributed by atoms with Gasteiger partial charge in [-0.15, -0.1) is 0 Å². The largest absolute Gasteiger partial charge is 0.481 e. The van der Waals surface area contributed by atoms with Crippen LogP contribution < -0.4 is 11.1 Å². The number of amides is 2. The second-order valence-electron chi connectivity index (χ2n) is 10.2. The third-order valence-corrected chi connectivity index (χ3v) is 10.3. The summed E-state index contributed by atoms with van der Waals surface area (Å²) in [5.41, 5.74) is 0.172. The minimum atomic E-state index is -5.11. The first-order valence-electron chi connectivity index (χ1n) is 12.2. The number of nitrogens with two attached hydrogens (primary N) is 1. The number of halogens is 3. The molecule has 5 atom stereocenters. The van der Waals surface area contributed by atoms with E-state index in [1.165, 1.54) is 24.1 Å². The van der Waals surface area contributed by atoms with Gasteiger partial charge in [-0.05, 0) is 37.0 Å². The highest BCUT2D eigenvalue weighted by atomic mass is 32.2. The lowest BCUT2D eigenvalue weighted by atomic mass is 9.75. The van der Waals surface area contributed by atoms with Crippen molar-refractivity contribution in [2.45, 2.75) is 48.2 Å². The molecule has 12 nitrogen and oxygen atoms in total. The Morgan fingerprint density at radius 1 is 1.29 bits per heavy atom. The maximum absolute atomic E-state index is 14.2. The normalized spacial score (nSPS) is 27.7. The van der Waals surface area contributed by atoms with Crippen LogP contribution in [0.15, 0.2) is 35.5 Å². The summed E-state index contributed by atoms with van der Waals surface area (Å²) in [5.74, 6) is -4.18. The second kappa shape index (κ2) is 10.1. The smallest absolute Gasteiger partial charge is 0.417 e. The van der Waals surface area contributed by atoms with Crippen LogP contribution >= 0.6 is 0 Å². The van der Waals surface area contributed by atoms with Crippen molar-refractivity contribution in [2.24, 2.45) is 22.5 Å². The second-order valence-corrected chi connectivity index (χ2v) is 12.4. The highest BCUT2D eigenvalue weighted by Gasteiger charge is 2.75. The minimum Gasteiger partial charge on any atom is -0.481 e. The Balaban J connectivity index is 1.75. The van der Waals surface area contributed by atoms with Gasteiger partial charge in [0.25, 0.3) is 0 Å². The molecule has 16 heteroatoms. The topological polar surface area (TPSA) is 194 Å². The number of carboxylic acid groups (broad SMARTS) is 1. The van der Waals surface area contributed by atoms with Gasteiger partial charge in [0, 0.05) is 31.8 Å². The number of carbonyl (C=O) groups excluding carboxylic acids is 2. The first-order valence-corrected chi connectivity index (χ1v) is 13.8. The number of aliphatic carboxylic acids is 1. The highest BCUT2D eigenvalue weighted by molar-refractivity contribution is 7.92. The molecule has 2 unspecified atom stereocenters. The molecule has 1 aromatic heterocycles. The molecule has 2 aliphatic rings. The van der Waals surface area contributed by atoms with Crippen molar-refractivity contribution in [3.8, 4) is 17.2 Å². The standard InChI is InChI=1S/C25H26F3N5O7S/c1-31-20(34)11-33-10-14(9-32-33)13-3-4-17(16(5-13)25(26,27)28)41(38,39)15-6-19(40-2)24(7-15,22(36)37)18-8-23(18,12-29)21(30)35/h3-5,9-10,15,18-19H,6-8,11H2,1-2H3,(H2,30,35)(H,31,34)(H,36,37)/t15-,18?,19+,23?,24+/m1/s1. The van der Waals surface area contributed by atoms with E-state index in [1.807, 2.05) is 0 Å². The Labute approximate surface area is 232 Å². The first-order chi connectivity index (χ1) is 19.1. The van der Waals surface area contributed by atoms with Crippen molar-refractivity contribution < 1.29 is 45.8 Å². The minimum absolute atomic E-state index is 0.0150. The van der Waals surface area contributed by atoms with Gasteiger partial charge in [0.1, 0.15) is 17.4 Å². The van der Waals surface area contributed by atoms with E-state index in [1.54, 1.807) is 6.07 Å². The highest BCUT2D eigenvalue weighted by Crippen LogP contribution is 2.66. The zero-order chi connectivity index (χ0) is 30.5. The van der Waals surface area contributed by atoms with Gasteiger partial charge >= 0.3 is 12.1 Å². The number of carboxylic acids is 1. The van der Waals surface area contributed by atoms with Crippen LogP contribution in [0.25, 0.3) is 11.1 Å². The molecule has 0 aliphatic heterocycles. The number of ether oxygens (including phenoxy) is 1. The number of nitrogens with one attached hydrogen (secondary N) is 1. The molecule has 1 aromatic carbocycles. The summed E-state index contributed by atoms with van der Waals surface area (Å²) in [6.07, 6.45) is -5.28. The molecule has 41 heavy (non-hydrogen) atoms. The number of benzene rings is 1. The molecule has 1 heterocycles. The van der Waals surface area contributed by atoms with Gasteiger partial charge in [0.2, 0.25) is 11.8 Å². The number of rotatable bonds is 9. The molecule has 0 saturated heterocycles. The average molecular weight is 598 g/mol. The third-order valence-electron chi connectivity index (χ3n) is 8.10. The lowest BCUT2D eigenvalue weighted by Gasteiger charge is -2.31. The van der Waals surface area contributed by atoms with Crippen molar-refractivity contribution in [3.63, 3.8) is 0 Å². The molecular weight excluding hydrogens is 571 g/mol. The number of sulfone groups is 1. The number of primary amides is 1. The summed E-state index contributed by atoms with van der Waals surface area (Å²) in [6.45, 7) is -0.188. The summed E-state index contributed by atoms with van der Waals surface area (Å²) in [6, 6.07) is 4.34. The maximum Gasteiger partial charge on any atom is 0.417 e. The number of nitriles is 1. The van der Waals surface area contributed by atoms with Crippen LogP contribution in [0.2, 0.25) is 0 Å². The number of aromatic nitrogens is 2. The van der Waals surface area contributed by atoms with E-state index < -0.39 is 85.2 Å². The number of alkyl halides is 3. The molecule has 2 aromatic rings. The Morgan fingerprint density at radius 2 is 1.98 bits per heavy atom. The van der Waals surface area contributed by atoms with Gasteiger partial charge in [-0.2, -0.15) is 23.5 Å². The van der Waals surface area contributed by atoms with E-state index in [9.17, 15) is 46.3 Å². The van der Waals surface area contributed by atoms with E-state index in [0.29, 0.717) is 6.07 Å². The van der Waals surface area contributed by atoms with E-state index in [-0.39, 0.29) is 24.1 Å². The number of hydrogen-bond acceptors (Lipinski definition) is 8. The maximum atomic E-state index is 14.2. The van der Waals surface area contributed by atoms with Gasteiger partial charge < -0.3 is 20.9 Å². The Morgan fingerprint density at radius 3 is 2.49 bits per heavy atom. The van der Waals surface area contributed by atoms with Crippen molar-refractivity contribution in [1.29, 1.82) is 5.26 Å². The van der Waals surface area contributed by atoms with E-state index in [0.717, 1.165) is 19.2 Å². The Kier molecular flexibility index (Phi) is 7.42. The molecule has 4 rings (SSSR count). The summed E-state index contributed by atoms with van der Waals surface area (Å²) >= 11 is 0. The van der Waals surface area contributed by atoms with Crippen LogP contribution in [-0.4, -0.2) is 66.6 Å². The molecule has 2 fully saturated rings. The summed E-state index contributed by atoms with van der Waals surface area (Å²) in [7, 11) is -2.29. The fourth-order valence-electron chi connectivity index (χ4n) is 5.84. The van der Waals surface area contributed by atoms with Gasteiger partial charge in [0.05, 0.1) is 34.1 Å². The summed E-state index contributed by atoms with van der Waals surface area (Å²) in [5, 5.41) is 24.5. The molecule has 2 amide bonds. The van der Waals surface area contributed by atoms with Crippen LogP contribution in [0.1, 0.15) is 24.8 Å². The lowest BCUT2D eigenvalue weighted by molar-refractivity contribution is -0.159. The molecule has 2 saturated carbocycles. The van der Waals surface area contributed by atoms with E-state index in [2.05, 4.69) is 10.4 Å². The molecule has 2 aliphatic carbocycles. The van der Waals surface area contributed by atoms with Crippen LogP contribution in [0, 0.1) is 28.1 Å². The Bertz CT molecular complexity index is 1570. The van der Waals surface area contributed by atoms with Crippen LogP contribution in [0.5, 0.6) is 0 Å². The summed E-state index contributed by atoms with van der Waals surface area (Å²) in [4.78, 5) is 35.1. The number of hydrogen-bond donors (Lipinski definition) is 3. The molecule has 0 radical (unpaired) electrons. The average Bonchev–Trinajstić information content (AvgIpc) is 3.27. The van der Waals surface area contributed by atoms with Crippen molar-refractivity contribution >= 4 is 27.6 Å². The van der Waals surface area contributed by atoms with Gasteiger partial charge in [-0.3, -0.25) is 19.1 Å². The van der Waals surface area contributed by atoms with Crippen LogP contribution in [0.3, 0.4) is 0 Å². The quantitative estimate of drug-likeness (QED) is 0.382. The number of likely N-dealkylation sites (N-methyl/N-ethyl adjacent to an activating group) is 1.